The summed E-state index contributed by atoms with van der Waals surface area (Å²) < 4.78 is 10.4. The van der Waals surface area contributed by atoms with E-state index in [-0.39, 0.29) is 12.4 Å². The number of aliphatic hydroxyl groups excluding tert-OH is 1. The largest absolute Gasteiger partial charge is 0.497 e. The molecule has 0 radical (unpaired) electrons. The fourth-order valence-corrected chi connectivity index (χ4v) is 4.08. The van der Waals surface area contributed by atoms with Crippen LogP contribution in [0.2, 0.25) is 0 Å². The molecule has 7 nitrogen and oxygen atoms in total. The fourth-order valence-electron chi connectivity index (χ4n) is 4.08. The molecule has 0 aromatic heterocycles. The van der Waals surface area contributed by atoms with E-state index in [1.807, 2.05) is 24.3 Å². The van der Waals surface area contributed by atoms with Gasteiger partial charge in [0.05, 0.1) is 19.8 Å². The molecule has 1 aliphatic heterocycles. The molecular formula is C25H37NO6. The lowest BCUT2D eigenvalue weighted by molar-refractivity contribution is -0.157. The quantitative estimate of drug-likeness (QED) is 0.284. The lowest BCUT2D eigenvalue weighted by Gasteiger charge is -2.32. The van der Waals surface area contributed by atoms with Gasteiger partial charge in [0.25, 0.3) is 5.91 Å². The number of amides is 1. The van der Waals surface area contributed by atoms with Crippen LogP contribution in [0.4, 0.5) is 0 Å². The maximum atomic E-state index is 12.2. The zero-order chi connectivity index (χ0) is 23.2. The van der Waals surface area contributed by atoms with Crippen molar-refractivity contribution in [2.45, 2.75) is 82.8 Å². The highest BCUT2D eigenvalue weighted by atomic mass is 16.5. The van der Waals surface area contributed by atoms with Gasteiger partial charge in [-0.3, -0.25) is 9.59 Å². The van der Waals surface area contributed by atoms with Gasteiger partial charge in [-0.05, 0) is 69.1 Å². The fraction of sp³-hybridized carbons (Fsp3) is 0.640. The van der Waals surface area contributed by atoms with E-state index < -0.39 is 17.9 Å². The molecule has 32 heavy (non-hydrogen) atoms. The second-order valence-electron chi connectivity index (χ2n) is 8.43. The highest BCUT2D eigenvalue weighted by molar-refractivity contribution is 6.24. The van der Waals surface area contributed by atoms with Crippen molar-refractivity contribution >= 4 is 18.2 Å². The van der Waals surface area contributed by atoms with Crippen molar-refractivity contribution in [3.63, 3.8) is 0 Å². The molecule has 1 amide bonds. The molecule has 0 bridgehead atoms. The number of benzene rings is 1. The normalized spacial score (nSPS) is 18.8. The summed E-state index contributed by atoms with van der Waals surface area (Å²) in [6.07, 6.45) is 11.0. The summed E-state index contributed by atoms with van der Waals surface area (Å²) >= 11 is 0. The molecule has 7 heteroatoms. The van der Waals surface area contributed by atoms with Crippen LogP contribution in [0.15, 0.2) is 24.3 Å². The minimum Gasteiger partial charge on any atom is -0.497 e. The minimum absolute atomic E-state index is 0.0359. The Kier molecular flexibility index (Phi) is 11.8. The Balaban J connectivity index is 0.000000439. The van der Waals surface area contributed by atoms with Gasteiger partial charge in [0, 0.05) is 6.54 Å². The van der Waals surface area contributed by atoms with E-state index in [4.69, 9.17) is 14.6 Å². The summed E-state index contributed by atoms with van der Waals surface area (Å²) in [6, 6.07) is 7.28. The first-order valence-electron chi connectivity index (χ1n) is 11.8. The van der Waals surface area contributed by atoms with Crippen LogP contribution in [-0.2, 0) is 25.5 Å². The monoisotopic (exact) mass is 447 g/mol. The SMILES string of the molecule is COc1ccc(CCCCOC(=O)C2CCCCN2C(=O)C=O)cc1.OC1CCCCC1. The van der Waals surface area contributed by atoms with Crippen molar-refractivity contribution in [3.8, 4) is 5.75 Å². The van der Waals surface area contributed by atoms with Crippen LogP contribution in [0.25, 0.3) is 0 Å². The molecular weight excluding hydrogens is 410 g/mol. The number of ether oxygens (including phenoxy) is 2. The zero-order valence-electron chi connectivity index (χ0n) is 19.2. The molecule has 0 spiro atoms. The average Bonchev–Trinajstić information content (AvgIpc) is 2.84. The first kappa shape index (κ1) is 25.8. The maximum Gasteiger partial charge on any atom is 0.328 e. The van der Waals surface area contributed by atoms with Gasteiger partial charge >= 0.3 is 5.97 Å². The van der Waals surface area contributed by atoms with Gasteiger partial charge in [0.15, 0.2) is 0 Å². The predicted molar refractivity (Wildman–Crippen MR) is 121 cm³/mol. The summed E-state index contributed by atoms with van der Waals surface area (Å²) in [6.45, 7) is 0.767. The number of nitrogens with zero attached hydrogens (tertiary/aromatic N) is 1. The average molecular weight is 448 g/mol. The van der Waals surface area contributed by atoms with Crippen LogP contribution in [-0.4, -0.2) is 60.6 Å². The van der Waals surface area contributed by atoms with Crippen LogP contribution in [0.3, 0.4) is 0 Å². The maximum absolute atomic E-state index is 12.2. The standard InChI is InChI=1S/C19H25NO5.C6H12O/c1-24-16-10-8-15(9-11-16)6-3-5-13-25-19(23)17-7-2-4-12-20(17)18(22)14-21;7-6-4-2-1-3-5-6/h8-11,14,17H,2-7,12-13H2,1H3;6-7H,1-5H2. The van der Waals surface area contributed by atoms with Gasteiger partial charge in [0.2, 0.25) is 6.29 Å². The minimum atomic E-state index is -0.638. The highest BCUT2D eigenvalue weighted by Crippen LogP contribution is 2.19. The number of hydrogen-bond donors (Lipinski definition) is 1. The summed E-state index contributed by atoms with van der Waals surface area (Å²) in [4.78, 5) is 35.8. The van der Waals surface area contributed by atoms with Crippen molar-refractivity contribution in [2.75, 3.05) is 20.3 Å². The summed E-state index contributed by atoms with van der Waals surface area (Å²) in [5.41, 5.74) is 1.21. The number of carbonyl (C=O) groups is 3. The van der Waals surface area contributed by atoms with E-state index in [9.17, 15) is 14.4 Å². The molecule has 1 N–H and O–H groups in total. The molecule has 1 saturated heterocycles. The number of unbranched alkanes of at least 4 members (excludes halogenated alkanes) is 1. The van der Waals surface area contributed by atoms with E-state index in [1.54, 1.807) is 7.11 Å². The number of aldehydes is 1. The van der Waals surface area contributed by atoms with Crippen LogP contribution in [0.5, 0.6) is 5.75 Å². The number of piperidine rings is 1. The van der Waals surface area contributed by atoms with Gasteiger partial charge in [-0.15, -0.1) is 0 Å². The third-order valence-corrected chi connectivity index (χ3v) is 6.00. The van der Waals surface area contributed by atoms with Crippen LogP contribution in [0, 0.1) is 0 Å². The second-order valence-corrected chi connectivity index (χ2v) is 8.43. The predicted octanol–water partition coefficient (Wildman–Crippen LogP) is 3.45. The van der Waals surface area contributed by atoms with Crippen LogP contribution >= 0.6 is 0 Å². The van der Waals surface area contributed by atoms with Crippen molar-refractivity contribution in [3.05, 3.63) is 29.8 Å². The van der Waals surface area contributed by atoms with Gasteiger partial charge in [0.1, 0.15) is 11.8 Å². The Morgan fingerprint density at radius 3 is 2.31 bits per heavy atom. The molecule has 3 rings (SSSR count). The number of aliphatic hydroxyl groups is 1. The van der Waals surface area contributed by atoms with Gasteiger partial charge < -0.3 is 19.5 Å². The number of likely N-dealkylation sites (tertiary alicyclic amines) is 1. The van der Waals surface area contributed by atoms with Crippen molar-refractivity contribution < 1.29 is 29.0 Å². The summed E-state index contributed by atoms with van der Waals surface area (Å²) in [7, 11) is 1.64. The molecule has 1 atom stereocenters. The Morgan fingerprint density at radius 1 is 1.03 bits per heavy atom. The van der Waals surface area contributed by atoms with Crippen LogP contribution in [0.1, 0.15) is 69.8 Å². The van der Waals surface area contributed by atoms with Gasteiger partial charge in [-0.2, -0.15) is 0 Å². The highest BCUT2D eigenvalue weighted by Gasteiger charge is 2.32. The Morgan fingerprint density at radius 2 is 1.72 bits per heavy atom. The molecule has 1 saturated carbocycles. The molecule has 2 aliphatic rings. The zero-order valence-corrected chi connectivity index (χ0v) is 19.2. The van der Waals surface area contributed by atoms with E-state index in [2.05, 4.69) is 0 Å². The van der Waals surface area contributed by atoms with Crippen molar-refractivity contribution in [2.24, 2.45) is 0 Å². The number of carbonyl (C=O) groups excluding carboxylic acids is 3. The van der Waals surface area contributed by atoms with E-state index in [0.29, 0.717) is 19.6 Å². The number of rotatable bonds is 8. The molecule has 1 aromatic carbocycles. The number of esters is 1. The topological polar surface area (TPSA) is 93.1 Å². The molecule has 1 unspecified atom stereocenters. The third kappa shape index (κ3) is 8.99. The molecule has 2 fully saturated rings. The Bertz CT molecular complexity index is 699. The van der Waals surface area contributed by atoms with Crippen molar-refractivity contribution in [1.29, 1.82) is 0 Å². The van der Waals surface area contributed by atoms with E-state index >= 15 is 0 Å². The van der Waals surface area contributed by atoms with Crippen LogP contribution < -0.4 is 4.74 Å². The second kappa shape index (κ2) is 14.6. The number of methoxy groups -OCH3 is 1. The number of aryl methyl sites for hydroxylation is 1. The summed E-state index contributed by atoms with van der Waals surface area (Å²) in [5.74, 6) is -0.208. The summed E-state index contributed by atoms with van der Waals surface area (Å²) in [5, 5.41) is 8.91. The Hall–Kier alpha value is -2.41. The lowest BCUT2D eigenvalue weighted by Crippen LogP contribution is -2.49. The molecule has 1 aliphatic carbocycles. The molecule has 1 heterocycles. The lowest BCUT2D eigenvalue weighted by atomic mass is 9.98. The first-order chi connectivity index (χ1) is 15.5. The molecule has 1 aromatic rings. The van der Waals surface area contributed by atoms with E-state index in [1.165, 1.54) is 29.7 Å². The Labute approximate surface area is 191 Å². The van der Waals surface area contributed by atoms with Crippen molar-refractivity contribution in [1.82, 2.24) is 4.90 Å². The number of hydrogen-bond acceptors (Lipinski definition) is 6. The van der Waals surface area contributed by atoms with E-state index in [0.717, 1.165) is 50.7 Å². The van der Waals surface area contributed by atoms with Gasteiger partial charge in [-0.25, -0.2) is 4.79 Å². The third-order valence-electron chi connectivity index (χ3n) is 6.00. The molecule has 178 valence electrons. The van der Waals surface area contributed by atoms with Gasteiger partial charge in [-0.1, -0.05) is 31.4 Å². The smallest absolute Gasteiger partial charge is 0.328 e. The first-order valence-corrected chi connectivity index (χ1v) is 11.8.